The Labute approximate surface area is 56.8 Å². The number of hydrogen-bond acceptors (Lipinski definition) is 3. The molecule has 0 aliphatic rings. The van der Waals surface area contributed by atoms with E-state index in [9.17, 15) is 9.59 Å². The zero-order chi connectivity index (χ0) is 7.28. The first-order chi connectivity index (χ1) is 4.13. The highest BCUT2D eigenvalue weighted by Crippen LogP contribution is 1.69. The van der Waals surface area contributed by atoms with Gasteiger partial charge in [0, 0.05) is 0 Å². The third-order valence-corrected chi connectivity index (χ3v) is 0.547. The zero-order valence-electron chi connectivity index (χ0n) is 4.42. The minimum atomic E-state index is -1.04. The van der Waals surface area contributed by atoms with Crippen LogP contribution in [0.5, 0.6) is 0 Å². The zero-order valence-corrected chi connectivity index (χ0v) is 5.31. The van der Waals surface area contributed by atoms with Crippen molar-refractivity contribution in [3.63, 3.8) is 0 Å². The lowest BCUT2D eigenvalue weighted by molar-refractivity contribution is -0.136. The van der Waals surface area contributed by atoms with Crippen molar-refractivity contribution in [2.45, 2.75) is 0 Å². The Bertz CT molecular complexity index is 112. The van der Waals surface area contributed by atoms with Gasteiger partial charge in [0.15, 0.2) is 0 Å². The minimum Gasteiger partial charge on any atom is -0.480 e. The number of rotatable bonds is 3. The predicted octanol–water partition coefficient (Wildman–Crippen LogP) is -0.785. The summed E-state index contributed by atoms with van der Waals surface area (Å²) in [4.78, 5) is 19.7. The van der Waals surface area contributed by atoms with Gasteiger partial charge >= 0.3 is 5.97 Å². The van der Waals surface area contributed by atoms with E-state index in [4.69, 9.17) is 5.11 Å². The molecule has 0 aliphatic carbocycles. The van der Waals surface area contributed by atoms with E-state index in [1.165, 1.54) is 0 Å². The van der Waals surface area contributed by atoms with Crippen LogP contribution in [0.2, 0.25) is 0 Å². The van der Waals surface area contributed by atoms with Gasteiger partial charge in [-0.2, -0.15) is 0 Å². The van der Waals surface area contributed by atoms with E-state index < -0.39 is 11.2 Å². The van der Waals surface area contributed by atoms with E-state index in [0.717, 1.165) is 0 Å². The Morgan fingerprint density at radius 2 is 2.11 bits per heavy atom. The van der Waals surface area contributed by atoms with Crippen molar-refractivity contribution in [3.8, 4) is 0 Å². The lowest BCUT2D eigenvalue weighted by atomic mass is 10.7. The van der Waals surface area contributed by atoms with E-state index in [1.807, 2.05) is 5.43 Å². The number of hydrazine groups is 1. The molecule has 0 unspecified atom stereocenters. The van der Waals surface area contributed by atoms with Crippen LogP contribution in [0.4, 0.5) is 4.79 Å². The summed E-state index contributed by atoms with van der Waals surface area (Å²) in [5.41, 5.74) is 4.08. The second kappa shape index (κ2) is 4.16. The Hall–Kier alpha value is -0.750. The molecule has 0 aliphatic heterocycles. The molecule has 0 aromatic rings. The van der Waals surface area contributed by atoms with Gasteiger partial charge in [-0.3, -0.25) is 15.0 Å². The van der Waals surface area contributed by atoms with Crippen LogP contribution in [0.1, 0.15) is 0 Å². The summed E-state index contributed by atoms with van der Waals surface area (Å²) in [5, 5.41) is 7.37. The molecular formula is C3H6N2O3S. The minimum absolute atomic E-state index is 0.313. The number of nitrogens with one attached hydrogen (secondary N) is 2. The quantitative estimate of drug-likeness (QED) is 0.314. The molecule has 3 N–H and O–H groups in total. The molecule has 0 saturated carbocycles. The van der Waals surface area contributed by atoms with Crippen LogP contribution in [0, 0.1) is 0 Å². The van der Waals surface area contributed by atoms with Crippen molar-refractivity contribution >= 4 is 23.8 Å². The van der Waals surface area contributed by atoms with Gasteiger partial charge in [-0.05, 0) is 0 Å². The maximum Gasteiger partial charge on any atom is 0.319 e. The molecule has 0 fully saturated rings. The number of aliphatic carboxylic acids is 1. The SMILES string of the molecule is O=C(O)CNNC(=O)S. The molecular weight excluding hydrogens is 144 g/mol. The fourth-order valence-corrected chi connectivity index (χ4v) is 0.274. The second-order valence-electron chi connectivity index (χ2n) is 1.18. The van der Waals surface area contributed by atoms with Gasteiger partial charge in [0.25, 0.3) is 5.24 Å². The first-order valence-corrected chi connectivity index (χ1v) is 2.51. The number of hydrogen-bond donors (Lipinski definition) is 4. The largest absolute Gasteiger partial charge is 0.480 e. The van der Waals surface area contributed by atoms with Gasteiger partial charge in [-0.15, -0.1) is 0 Å². The lowest BCUT2D eigenvalue weighted by Gasteiger charge is -1.97. The highest BCUT2D eigenvalue weighted by molar-refractivity contribution is 7.96. The maximum absolute atomic E-state index is 9.92. The summed E-state index contributed by atoms with van der Waals surface area (Å²) in [6.45, 7) is -0.313. The number of carboxylic acid groups (broad SMARTS) is 1. The molecule has 0 heterocycles. The smallest absolute Gasteiger partial charge is 0.319 e. The van der Waals surface area contributed by atoms with Crippen LogP contribution in [0.25, 0.3) is 0 Å². The second-order valence-corrected chi connectivity index (χ2v) is 1.58. The number of amides is 1. The molecule has 0 radical (unpaired) electrons. The van der Waals surface area contributed by atoms with Gasteiger partial charge in [-0.1, -0.05) is 12.6 Å². The highest BCUT2D eigenvalue weighted by atomic mass is 32.1. The Balaban J connectivity index is 3.10. The van der Waals surface area contributed by atoms with E-state index in [0.29, 0.717) is 0 Å². The van der Waals surface area contributed by atoms with E-state index in [-0.39, 0.29) is 6.54 Å². The summed E-state index contributed by atoms with van der Waals surface area (Å²) in [5.74, 6) is -1.04. The highest BCUT2D eigenvalue weighted by Gasteiger charge is 1.94. The summed E-state index contributed by atoms with van der Waals surface area (Å²) in [7, 11) is 0. The van der Waals surface area contributed by atoms with Gasteiger partial charge < -0.3 is 5.11 Å². The summed E-state index contributed by atoms with van der Waals surface area (Å²) in [6, 6.07) is 0. The summed E-state index contributed by atoms with van der Waals surface area (Å²) in [6.07, 6.45) is 0. The van der Waals surface area contributed by atoms with Crippen LogP contribution in [-0.4, -0.2) is 22.9 Å². The van der Waals surface area contributed by atoms with E-state index in [2.05, 4.69) is 18.1 Å². The third kappa shape index (κ3) is 7.25. The average Bonchev–Trinajstić information content (AvgIpc) is 1.63. The molecule has 1 amide bonds. The molecule has 0 atom stereocenters. The van der Waals surface area contributed by atoms with Crippen molar-refractivity contribution in [2.24, 2.45) is 0 Å². The first-order valence-electron chi connectivity index (χ1n) is 2.06. The molecule has 0 rings (SSSR count). The van der Waals surface area contributed by atoms with Gasteiger partial charge in [0.2, 0.25) is 0 Å². The van der Waals surface area contributed by atoms with Crippen molar-refractivity contribution in [1.29, 1.82) is 0 Å². The predicted molar refractivity (Wildman–Crippen MR) is 33.2 cm³/mol. The lowest BCUT2D eigenvalue weighted by Crippen LogP contribution is -2.37. The van der Waals surface area contributed by atoms with Crippen molar-refractivity contribution in [3.05, 3.63) is 0 Å². The molecule has 9 heavy (non-hydrogen) atoms. The molecule has 0 aromatic carbocycles. The van der Waals surface area contributed by atoms with Crippen LogP contribution >= 0.6 is 12.6 Å². The summed E-state index contributed by atoms with van der Waals surface area (Å²) < 4.78 is 0. The Morgan fingerprint density at radius 3 is 2.44 bits per heavy atom. The van der Waals surface area contributed by atoms with Crippen molar-refractivity contribution < 1.29 is 14.7 Å². The number of carboxylic acids is 1. The number of carbonyl (C=O) groups excluding carboxylic acids is 1. The molecule has 0 aromatic heterocycles. The fourth-order valence-electron chi connectivity index (χ4n) is 0.195. The normalized spacial score (nSPS) is 8.56. The third-order valence-electron chi connectivity index (χ3n) is 0.435. The molecule has 5 nitrogen and oxygen atoms in total. The Morgan fingerprint density at radius 1 is 1.56 bits per heavy atom. The van der Waals surface area contributed by atoms with Crippen LogP contribution in [-0.2, 0) is 4.79 Å². The van der Waals surface area contributed by atoms with Crippen LogP contribution in [0.3, 0.4) is 0 Å². The number of carbonyl (C=O) groups is 2. The van der Waals surface area contributed by atoms with E-state index in [1.54, 1.807) is 0 Å². The monoisotopic (exact) mass is 150 g/mol. The standard InChI is InChI=1S/C3H6N2O3S/c6-2(7)1-4-5-3(8)9/h4H,1H2,(H,6,7)(H2,5,8,9). The van der Waals surface area contributed by atoms with Crippen molar-refractivity contribution in [1.82, 2.24) is 10.9 Å². The first kappa shape index (κ1) is 8.25. The Kier molecular flexibility index (Phi) is 3.81. The molecule has 0 spiro atoms. The molecule has 52 valence electrons. The number of thiol groups is 1. The van der Waals surface area contributed by atoms with Gasteiger partial charge in [0.1, 0.15) is 6.54 Å². The molecule has 0 saturated heterocycles. The van der Waals surface area contributed by atoms with Crippen LogP contribution in [0.15, 0.2) is 0 Å². The molecule has 0 bridgehead atoms. The molecule has 6 heteroatoms. The van der Waals surface area contributed by atoms with Crippen LogP contribution < -0.4 is 10.9 Å². The average molecular weight is 150 g/mol. The van der Waals surface area contributed by atoms with Gasteiger partial charge in [-0.25, -0.2) is 5.43 Å². The topological polar surface area (TPSA) is 78.4 Å². The van der Waals surface area contributed by atoms with E-state index >= 15 is 0 Å². The van der Waals surface area contributed by atoms with Gasteiger partial charge in [0.05, 0.1) is 0 Å². The fraction of sp³-hybridized carbons (Fsp3) is 0.333. The summed E-state index contributed by atoms with van der Waals surface area (Å²) >= 11 is 3.30. The van der Waals surface area contributed by atoms with Crippen molar-refractivity contribution in [2.75, 3.05) is 6.54 Å². The maximum atomic E-state index is 9.92.